The molecule has 96 valence electrons. The highest BCUT2D eigenvalue weighted by atomic mass is 79.9. The molecule has 6 nitrogen and oxygen atoms in total. The van der Waals surface area contributed by atoms with Crippen LogP contribution in [0.25, 0.3) is 0 Å². The second kappa shape index (κ2) is 4.90. The van der Waals surface area contributed by atoms with E-state index in [9.17, 15) is 8.42 Å². The first kappa shape index (κ1) is 13.4. The van der Waals surface area contributed by atoms with Gasteiger partial charge in [-0.2, -0.15) is 5.10 Å². The molecule has 0 aliphatic heterocycles. The molecule has 0 saturated carbocycles. The fraction of sp³-hybridized carbons (Fsp3) is 0. The number of aromatic nitrogens is 2. The van der Waals surface area contributed by atoms with Crippen LogP contribution in [0.1, 0.15) is 0 Å². The summed E-state index contributed by atoms with van der Waals surface area (Å²) in [5.41, 5.74) is 6.07. The van der Waals surface area contributed by atoms with Crippen LogP contribution in [0.15, 0.2) is 38.2 Å². The summed E-state index contributed by atoms with van der Waals surface area (Å²) in [6, 6.07) is 4.55. The first-order chi connectivity index (χ1) is 8.40. The molecule has 0 saturated heterocycles. The Bertz CT molecular complexity index is 647. The van der Waals surface area contributed by atoms with Gasteiger partial charge in [0.1, 0.15) is 10.7 Å². The van der Waals surface area contributed by atoms with Gasteiger partial charge in [-0.1, -0.05) is 0 Å². The van der Waals surface area contributed by atoms with Gasteiger partial charge >= 0.3 is 0 Å². The second-order valence-corrected chi connectivity index (χ2v) is 6.72. The average molecular weight is 396 g/mol. The molecule has 0 bridgehead atoms. The van der Waals surface area contributed by atoms with Gasteiger partial charge in [-0.05, 0) is 44.0 Å². The van der Waals surface area contributed by atoms with Crippen LogP contribution in [0, 0.1) is 0 Å². The highest BCUT2D eigenvalue weighted by molar-refractivity contribution is 9.11. The van der Waals surface area contributed by atoms with E-state index in [-0.39, 0.29) is 10.7 Å². The van der Waals surface area contributed by atoms with E-state index in [4.69, 9.17) is 5.73 Å². The summed E-state index contributed by atoms with van der Waals surface area (Å²) >= 11 is 6.37. The monoisotopic (exact) mass is 394 g/mol. The number of nitrogens with zero attached hydrogens (tertiary/aromatic N) is 1. The van der Waals surface area contributed by atoms with E-state index in [0.29, 0.717) is 14.6 Å². The standard InChI is InChI=1S/C9H8Br2N4O2S/c10-6-3-5(12)4-7(11)9(6)18(16,17)15-8-1-2-13-14-8/h1-4H,12H2,(H2,13,14,15). The summed E-state index contributed by atoms with van der Waals surface area (Å²) in [5, 5.41) is 6.18. The van der Waals surface area contributed by atoms with E-state index in [2.05, 4.69) is 46.8 Å². The number of rotatable bonds is 3. The number of nitrogens with two attached hydrogens (primary N) is 1. The van der Waals surface area contributed by atoms with E-state index < -0.39 is 10.0 Å². The Hall–Kier alpha value is -1.06. The average Bonchev–Trinajstić information content (AvgIpc) is 2.66. The number of hydrogen-bond acceptors (Lipinski definition) is 4. The molecule has 9 heteroatoms. The Morgan fingerprint density at radius 2 is 1.89 bits per heavy atom. The molecular formula is C9H8Br2N4O2S. The Balaban J connectivity index is 2.48. The lowest BCUT2D eigenvalue weighted by Crippen LogP contribution is -2.14. The SMILES string of the molecule is Nc1cc(Br)c(S(=O)(=O)Nc2ccn[nH]2)c(Br)c1. The van der Waals surface area contributed by atoms with Crippen molar-refractivity contribution in [2.24, 2.45) is 0 Å². The Morgan fingerprint density at radius 3 is 2.39 bits per heavy atom. The van der Waals surface area contributed by atoms with Gasteiger partial charge in [-0.25, -0.2) is 8.42 Å². The highest BCUT2D eigenvalue weighted by Gasteiger charge is 2.22. The number of aromatic amines is 1. The van der Waals surface area contributed by atoms with E-state index in [1.165, 1.54) is 24.4 Å². The molecule has 0 radical (unpaired) electrons. The fourth-order valence-corrected chi connectivity index (χ4v) is 4.98. The third kappa shape index (κ3) is 2.68. The van der Waals surface area contributed by atoms with Crippen LogP contribution in [0.5, 0.6) is 0 Å². The molecule has 0 fully saturated rings. The van der Waals surface area contributed by atoms with Crippen LogP contribution in [-0.4, -0.2) is 18.6 Å². The van der Waals surface area contributed by atoms with Crippen molar-refractivity contribution >= 4 is 53.4 Å². The predicted molar refractivity (Wildman–Crippen MR) is 75.7 cm³/mol. The molecule has 1 aromatic carbocycles. The Labute approximate surface area is 120 Å². The lowest BCUT2D eigenvalue weighted by atomic mass is 10.3. The molecule has 2 rings (SSSR count). The predicted octanol–water partition coefficient (Wildman–Crippen LogP) is 2.32. The van der Waals surface area contributed by atoms with E-state index in [0.717, 1.165) is 0 Å². The summed E-state index contributed by atoms with van der Waals surface area (Å²) in [4.78, 5) is 0.0753. The molecule has 0 unspecified atom stereocenters. The van der Waals surface area contributed by atoms with Crippen LogP contribution < -0.4 is 10.5 Å². The topological polar surface area (TPSA) is 101 Å². The smallest absolute Gasteiger partial charge is 0.265 e. The molecular weight excluding hydrogens is 388 g/mol. The van der Waals surface area contributed by atoms with Crippen molar-refractivity contribution in [1.29, 1.82) is 0 Å². The van der Waals surface area contributed by atoms with Crippen LogP contribution in [-0.2, 0) is 10.0 Å². The third-order valence-electron chi connectivity index (χ3n) is 2.03. The summed E-state index contributed by atoms with van der Waals surface area (Å²) in [5.74, 6) is 0.283. The molecule has 0 amide bonds. The zero-order valence-corrected chi connectivity index (χ0v) is 12.8. The van der Waals surface area contributed by atoms with E-state index in [1.54, 1.807) is 0 Å². The first-order valence-electron chi connectivity index (χ1n) is 4.67. The lowest BCUT2D eigenvalue weighted by Gasteiger charge is -2.10. The van der Waals surface area contributed by atoms with Crippen LogP contribution in [0.2, 0.25) is 0 Å². The molecule has 0 spiro atoms. The third-order valence-corrected chi connectivity index (χ3v) is 5.28. The van der Waals surface area contributed by atoms with Crippen molar-refractivity contribution in [1.82, 2.24) is 10.2 Å². The quantitative estimate of drug-likeness (QED) is 0.694. The van der Waals surface area contributed by atoms with Crippen molar-refractivity contribution in [2.45, 2.75) is 4.90 Å². The zero-order valence-electron chi connectivity index (χ0n) is 8.81. The molecule has 2 aromatic rings. The van der Waals surface area contributed by atoms with Gasteiger partial charge in [-0.15, -0.1) is 0 Å². The number of benzene rings is 1. The second-order valence-electron chi connectivity index (χ2n) is 3.39. The van der Waals surface area contributed by atoms with Crippen molar-refractivity contribution in [3.05, 3.63) is 33.3 Å². The summed E-state index contributed by atoms with van der Waals surface area (Å²) in [6.45, 7) is 0. The first-order valence-corrected chi connectivity index (χ1v) is 7.74. The van der Waals surface area contributed by atoms with Gasteiger partial charge in [0.15, 0.2) is 0 Å². The van der Waals surface area contributed by atoms with Gasteiger partial charge in [0.2, 0.25) is 0 Å². The number of H-pyrrole nitrogens is 1. The van der Waals surface area contributed by atoms with Gasteiger partial charge < -0.3 is 5.73 Å². The van der Waals surface area contributed by atoms with Crippen molar-refractivity contribution < 1.29 is 8.42 Å². The summed E-state index contributed by atoms with van der Waals surface area (Å²) in [6.07, 6.45) is 1.45. The minimum atomic E-state index is -3.73. The normalized spacial score (nSPS) is 11.4. The van der Waals surface area contributed by atoms with Crippen LogP contribution in [0.4, 0.5) is 11.5 Å². The molecule has 0 aliphatic rings. The Morgan fingerprint density at radius 1 is 1.28 bits per heavy atom. The van der Waals surface area contributed by atoms with Crippen molar-refractivity contribution in [3.63, 3.8) is 0 Å². The minimum Gasteiger partial charge on any atom is -0.399 e. The molecule has 4 N–H and O–H groups in total. The maximum atomic E-state index is 12.2. The van der Waals surface area contributed by atoms with Crippen LogP contribution >= 0.6 is 31.9 Å². The number of nitrogens with one attached hydrogen (secondary N) is 2. The molecule has 1 aromatic heterocycles. The van der Waals surface area contributed by atoms with Gasteiger partial charge in [0.05, 0.1) is 6.20 Å². The zero-order chi connectivity index (χ0) is 13.3. The van der Waals surface area contributed by atoms with Gasteiger partial charge in [0, 0.05) is 20.7 Å². The van der Waals surface area contributed by atoms with Gasteiger partial charge in [-0.3, -0.25) is 9.82 Å². The van der Waals surface area contributed by atoms with Gasteiger partial charge in [0.25, 0.3) is 10.0 Å². The fourth-order valence-electron chi connectivity index (χ4n) is 1.34. The van der Waals surface area contributed by atoms with Crippen LogP contribution in [0.3, 0.4) is 0 Å². The number of hydrogen-bond donors (Lipinski definition) is 3. The van der Waals surface area contributed by atoms with Crippen molar-refractivity contribution in [3.8, 4) is 0 Å². The number of halogens is 2. The summed E-state index contributed by atoms with van der Waals surface area (Å²) in [7, 11) is -3.73. The molecule has 0 atom stereocenters. The Kier molecular flexibility index (Phi) is 3.64. The lowest BCUT2D eigenvalue weighted by molar-refractivity contribution is 0.600. The number of anilines is 2. The maximum Gasteiger partial charge on any atom is 0.265 e. The summed E-state index contributed by atoms with van der Waals surface area (Å²) < 4.78 is 27.5. The highest BCUT2D eigenvalue weighted by Crippen LogP contribution is 2.33. The molecule has 0 aliphatic carbocycles. The van der Waals surface area contributed by atoms with E-state index >= 15 is 0 Å². The molecule has 1 heterocycles. The number of nitrogen functional groups attached to an aromatic ring is 1. The maximum absolute atomic E-state index is 12.2. The minimum absolute atomic E-state index is 0.0753. The number of sulfonamides is 1. The van der Waals surface area contributed by atoms with E-state index in [1.807, 2.05) is 0 Å². The van der Waals surface area contributed by atoms with Crippen molar-refractivity contribution in [2.75, 3.05) is 10.5 Å². The molecule has 18 heavy (non-hydrogen) atoms. The largest absolute Gasteiger partial charge is 0.399 e.